The number of benzene rings is 1. The largest absolute Gasteiger partial charge is 0.356 e. The fourth-order valence-corrected chi connectivity index (χ4v) is 1.74. The number of hydrogen-bond acceptors (Lipinski definition) is 1. The molecule has 1 aliphatic heterocycles. The van der Waals surface area contributed by atoms with Gasteiger partial charge >= 0.3 is 0 Å². The molecule has 0 spiro atoms. The molecule has 68 valence electrons. The van der Waals surface area contributed by atoms with Crippen LogP contribution in [0, 0.1) is 5.92 Å². The van der Waals surface area contributed by atoms with Crippen LogP contribution in [-0.4, -0.2) is 12.5 Å². The van der Waals surface area contributed by atoms with Crippen molar-refractivity contribution in [2.75, 3.05) is 6.54 Å². The van der Waals surface area contributed by atoms with Gasteiger partial charge in [0.05, 0.1) is 0 Å². The lowest BCUT2D eigenvalue weighted by atomic mass is 9.98. The maximum absolute atomic E-state index is 11.3. The zero-order valence-electron chi connectivity index (χ0n) is 7.49. The van der Waals surface area contributed by atoms with Gasteiger partial charge < -0.3 is 5.32 Å². The Morgan fingerprint density at radius 2 is 2.08 bits per heavy atom. The Balaban J connectivity index is 2.02. The van der Waals surface area contributed by atoms with Gasteiger partial charge in [-0.25, -0.2) is 0 Å². The van der Waals surface area contributed by atoms with Gasteiger partial charge in [0.15, 0.2) is 0 Å². The summed E-state index contributed by atoms with van der Waals surface area (Å²) in [5.41, 5.74) is 1.25. The number of carbonyl (C=O) groups is 1. The molecule has 1 aromatic carbocycles. The highest BCUT2D eigenvalue weighted by Crippen LogP contribution is 2.15. The monoisotopic (exact) mass is 175 g/mol. The van der Waals surface area contributed by atoms with Crippen molar-refractivity contribution in [3.63, 3.8) is 0 Å². The van der Waals surface area contributed by atoms with E-state index in [0.717, 1.165) is 19.4 Å². The van der Waals surface area contributed by atoms with Gasteiger partial charge in [0, 0.05) is 12.5 Å². The van der Waals surface area contributed by atoms with Crippen LogP contribution in [0.2, 0.25) is 0 Å². The molecule has 13 heavy (non-hydrogen) atoms. The quantitative estimate of drug-likeness (QED) is 0.722. The lowest BCUT2D eigenvalue weighted by molar-refractivity contribution is -0.122. The van der Waals surface area contributed by atoms with Crippen molar-refractivity contribution in [1.29, 1.82) is 0 Å². The van der Waals surface area contributed by atoms with Crippen LogP contribution in [0.3, 0.4) is 0 Å². The summed E-state index contributed by atoms with van der Waals surface area (Å²) in [5.74, 6) is 0.409. The third-order valence-electron chi connectivity index (χ3n) is 2.49. The third kappa shape index (κ3) is 1.89. The van der Waals surface area contributed by atoms with Gasteiger partial charge in [0.25, 0.3) is 0 Å². The third-order valence-corrected chi connectivity index (χ3v) is 2.49. The maximum Gasteiger partial charge on any atom is 0.223 e. The fourth-order valence-electron chi connectivity index (χ4n) is 1.74. The molecule has 1 N–H and O–H groups in total. The molecule has 0 radical (unpaired) electrons. The Morgan fingerprint density at radius 1 is 1.31 bits per heavy atom. The van der Waals surface area contributed by atoms with Crippen LogP contribution < -0.4 is 5.32 Å². The topological polar surface area (TPSA) is 29.1 Å². The van der Waals surface area contributed by atoms with Crippen LogP contribution >= 0.6 is 0 Å². The van der Waals surface area contributed by atoms with Crippen molar-refractivity contribution in [1.82, 2.24) is 5.32 Å². The van der Waals surface area contributed by atoms with Crippen LogP contribution in [0.5, 0.6) is 0 Å². The van der Waals surface area contributed by atoms with Gasteiger partial charge in [0.1, 0.15) is 0 Å². The zero-order chi connectivity index (χ0) is 9.10. The molecule has 2 heteroatoms. The zero-order valence-corrected chi connectivity index (χ0v) is 7.49. The molecule has 0 aliphatic carbocycles. The first-order valence-corrected chi connectivity index (χ1v) is 4.68. The first-order chi connectivity index (χ1) is 6.36. The molecule has 1 aromatic rings. The molecule has 1 aliphatic rings. The van der Waals surface area contributed by atoms with Crippen LogP contribution in [0.25, 0.3) is 0 Å². The Labute approximate surface area is 78.0 Å². The molecular formula is C11H13NO. The Morgan fingerprint density at radius 3 is 2.69 bits per heavy atom. The molecule has 2 rings (SSSR count). The molecule has 2 nitrogen and oxygen atoms in total. The van der Waals surface area contributed by atoms with Crippen molar-refractivity contribution < 1.29 is 4.79 Å². The minimum Gasteiger partial charge on any atom is -0.356 e. The second-order valence-corrected chi connectivity index (χ2v) is 3.47. The fraction of sp³-hybridized carbons (Fsp3) is 0.364. The predicted octanol–water partition coefficient (Wildman–Crippen LogP) is 1.37. The summed E-state index contributed by atoms with van der Waals surface area (Å²) in [7, 11) is 0. The highest BCUT2D eigenvalue weighted by Gasteiger charge is 2.23. The normalized spacial score (nSPS) is 21.5. The molecule has 1 amide bonds. The van der Waals surface area contributed by atoms with Gasteiger partial charge in [-0.2, -0.15) is 0 Å². The summed E-state index contributed by atoms with van der Waals surface area (Å²) in [6.45, 7) is 0.844. The van der Waals surface area contributed by atoms with E-state index < -0.39 is 0 Å². The van der Waals surface area contributed by atoms with Crippen LogP contribution in [0.4, 0.5) is 0 Å². The second kappa shape index (κ2) is 3.60. The maximum atomic E-state index is 11.3. The highest BCUT2D eigenvalue weighted by molar-refractivity contribution is 5.80. The summed E-state index contributed by atoms with van der Waals surface area (Å²) in [5, 5.41) is 2.85. The Hall–Kier alpha value is -1.31. The first-order valence-electron chi connectivity index (χ1n) is 4.68. The van der Waals surface area contributed by atoms with Crippen LogP contribution in [0.15, 0.2) is 30.3 Å². The molecule has 1 saturated heterocycles. The van der Waals surface area contributed by atoms with E-state index in [1.165, 1.54) is 5.56 Å². The lowest BCUT2D eigenvalue weighted by Gasteiger charge is -2.05. The molecule has 0 saturated carbocycles. The Kier molecular flexibility index (Phi) is 2.30. The summed E-state index contributed by atoms with van der Waals surface area (Å²) in [6, 6.07) is 10.2. The van der Waals surface area contributed by atoms with Crippen LogP contribution in [-0.2, 0) is 11.2 Å². The van der Waals surface area contributed by atoms with E-state index in [2.05, 4.69) is 17.4 Å². The van der Waals surface area contributed by atoms with Gasteiger partial charge in [0.2, 0.25) is 5.91 Å². The number of amides is 1. The van der Waals surface area contributed by atoms with E-state index in [1.54, 1.807) is 0 Å². The molecular weight excluding hydrogens is 162 g/mol. The van der Waals surface area contributed by atoms with E-state index >= 15 is 0 Å². The van der Waals surface area contributed by atoms with Crippen molar-refractivity contribution >= 4 is 5.91 Å². The SMILES string of the molecule is O=C1NCC[C@H]1Cc1ccccc1. The van der Waals surface area contributed by atoms with E-state index in [0.29, 0.717) is 0 Å². The molecule has 0 unspecified atom stereocenters. The summed E-state index contributed by atoms with van der Waals surface area (Å²) < 4.78 is 0. The number of carbonyl (C=O) groups excluding carboxylic acids is 1. The van der Waals surface area contributed by atoms with Crippen molar-refractivity contribution in [3.05, 3.63) is 35.9 Å². The molecule has 0 aromatic heterocycles. The lowest BCUT2D eigenvalue weighted by Crippen LogP contribution is -2.20. The van der Waals surface area contributed by atoms with E-state index in [1.807, 2.05) is 18.2 Å². The van der Waals surface area contributed by atoms with Gasteiger partial charge in [-0.05, 0) is 18.4 Å². The smallest absolute Gasteiger partial charge is 0.223 e. The van der Waals surface area contributed by atoms with Crippen LogP contribution in [0.1, 0.15) is 12.0 Å². The minimum atomic E-state index is 0.197. The van der Waals surface area contributed by atoms with E-state index in [4.69, 9.17) is 0 Å². The average Bonchev–Trinajstić information content (AvgIpc) is 2.54. The number of nitrogens with one attached hydrogen (secondary N) is 1. The van der Waals surface area contributed by atoms with E-state index in [-0.39, 0.29) is 11.8 Å². The average molecular weight is 175 g/mol. The Bertz CT molecular complexity index is 294. The number of rotatable bonds is 2. The van der Waals surface area contributed by atoms with Crippen molar-refractivity contribution in [2.45, 2.75) is 12.8 Å². The van der Waals surface area contributed by atoms with Crippen molar-refractivity contribution in [3.8, 4) is 0 Å². The summed E-state index contributed by atoms with van der Waals surface area (Å²) in [4.78, 5) is 11.3. The first kappa shape index (κ1) is 8.30. The van der Waals surface area contributed by atoms with E-state index in [9.17, 15) is 4.79 Å². The van der Waals surface area contributed by atoms with Gasteiger partial charge in [-0.1, -0.05) is 30.3 Å². The standard InChI is InChI=1S/C11H13NO/c13-11-10(6-7-12-11)8-9-4-2-1-3-5-9/h1-5,10H,6-8H2,(H,12,13)/t10-/m0/s1. The second-order valence-electron chi connectivity index (χ2n) is 3.47. The molecule has 1 atom stereocenters. The summed E-state index contributed by atoms with van der Waals surface area (Å²) in [6.07, 6.45) is 1.86. The highest BCUT2D eigenvalue weighted by atomic mass is 16.2. The van der Waals surface area contributed by atoms with Gasteiger partial charge in [-0.15, -0.1) is 0 Å². The number of hydrogen-bond donors (Lipinski definition) is 1. The molecule has 0 bridgehead atoms. The van der Waals surface area contributed by atoms with Crippen molar-refractivity contribution in [2.24, 2.45) is 5.92 Å². The summed E-state index contributed by atoms with van der Waals surface area (Å²) >= 11 is 0. The molecule has 1 fully saturated rings. The minimum absolute atomic E-state index is 0.197. The predicted molar refractivity (Wildman–Crippen MR) is 51.3 cm³/mol. The molecule has 1 heterocycles. The van der Waals surface area contributed by atoms with Gasteiger partial charge in [-0.3, -0.25) is 4.79 Å².